The number of hydrogen-bond acceptors (Lipinski definition) is 4. The van der Waals surface area contributed by atoms with E-state index in [1.807, 2.05) is 0 Å². The first-order valence-corrected chi connectivity index (χ1v) is 11.2. The number of fused-ring (bicyclic) bond motifs is 2. The van der Waals surface area contributed by atoms with Crippen molar-refractivity contribution in [1.29, 1.82) is 0 Å². The predicted molar refractivity (Wildman–Crippen MR) is 104 cm³/mol. The van der Waals surface area contributed by atoms with Gasteiger partial charge in [-0.25, -0.2) is 13.4 Å². The van der Waals surface area contributed by atoms with Gasteiger partial charge in [0, 0.05) is 18.7 Å². The zero-order chi connectivity index (χ0) is 19.0. The maximum Gasteiger partial charge on any atom is 0.256 e. The van der Waals surface area contributed by atoms with Crippen LogP contribution in [0.1, 0.15) is 35.7 Å². The van der Waals surface area contributed by atoms with Crippen LogP contribution in [0.4, 0.5) is 0 Å². The molecule has 2 heterocycles. The summed E-state index contributed by atoms with van der Waals surface area (Å²) in [5, 5.41) is 0. The van der Waals surface area contributed by atoms with Gasteiger partial charge in [0.2, 0.25) is 10.0 Å². The molecule has 0 saturated carbocycles. The molecule has 1 atom stereocenters. The molecule has 2 aliphatic rings. The highest BCUT2D eigenvalue weighted by Gasteiger charge is 2.28. The van der Waals surface area contributed by atoms with Crippen LogP contribution >= 0.6 is 0 Å². The van der Waals surface area contributed by atoms with Crippen LogP contribution in [0.2, 0.25) is 0 Å². The van der Waals surface area contributed by atoms with Gasteiger partial charge in [-0.05, 0) is 49.7 Å². The lowest BCUT2D eigenvalue weighted by atomic mass is 9.84. The maximum absolute atomic E-state index is 12.9. The Labute approximate surface area is 159 Å². The van der Waals surface area contributed by atoms with E-state index in [0.717, 1.165) is 19.3 Å². The lowest BCUT2D eigenvalue weighted by Crippen LogP contribution is -2.41. The van der Waals surface area contributed by atoms with E-state index in [-0.39, 0.29) is 17.9 Å². The summed E-state index contributed by atoms with van der Waals surface area (Å²) in [6.07, 6.45) is 5.15. The highest BCUT2D eigenvalue weighted by atomic mass is 32.2. The van der Waals surface area contributed by atoms with Gasteiger partial charge in [-0.2, -0.15) is 4.31 Å². The molecule has 0 saturated heterocycles. The van der Waals surface area contributed by atoms with E-state index in [4.69, 9.17) is 0 Å². The minimum absolute atomic E-state index is 0.00703. The number of aryl methyl sites for hydroxylation is 1. The lowest BCUT2D eigenvalue weighted by Gasteiger charge is -2.28. The lowest BCUT2D eigenvalue weighted by molar-refractivity contribution is 0.366. The van der Waals surface area contributed by atoms with Crippen molar-refractivity contribution in [2.24, 2.45) is 5.92 Å². The van der Waals surface area contributed by atoms with Crippen LogP contribution in [0, 0.1) is 5.92 Å². The highest BCUT2D eigenvalue weighted by molar-refractivity contribution is 7.89. The van der Waals surface area contributed by atoms with Crippen molar-refractivity contribution >= 4 is 10.0 Å². The van der Waals surface area contributed by atoms with Crippen LogP contribution in [0.25, 0.3) is 0 Å². The molecule has 0 spiro atoms. The van der Waals surface area contributed by atoms with Crippen LogP contribution in [0.3, 0.4) is 0 Å². The summed E-state index contributed by atoms with van der Waals surface area (Å²) in [5.74, 6) is 0.501. The van der Waals surface area contributed by atoms with Crippen LogP contribution in [-0.2, 0) is 42.4 Å². The van der Waals surface area contributed by atoms with Crippen molar-refractivity contribution < 1.29 is 8.42 Å². The minimum atomic E-state index is -3.25. The Morgan fingerprint density at radius 3 is 2.74 bits per heavy atom. The molecule has 0 bridgehead atoms. The van der Waals surface area contributed by atoms with Crippen LogP contribution in [-0.4, -0.2) is 34.6 Å². The van der Waals surface area contributed by atoms with E-state index < -0.39 is 10.0 Å². The van der Waals surface area contributed by atoms with E-state index in [0.29, 0.717) is 36.7 Å². The summed E-state index contributed by atoms with van der Waals surface area (Å²) in [4.78, 5) is 17.4. The Kier molecular flexibility index (Phi) is 4.90. The summed E-state index contributed by atoms with van der Waals surface area (Å²) in [6, 6.07) is 8.52. The first kappa shape index (κ1) is 18.4. The Balaban J connectivity index is 1.53. The zero-order valence-corrected chi connectivity index (χ0v) is 16.4. The van der Waals surface area contributed by atoms with Crippen LogP contribution in [0.15, 0.2) is 35.4 Å². The fraction of sp³-hybridized carbons (Fsp3) is 0.500. The molecule has 6 nitrogen and oxygen atoms in total. The molecule has 0 N–H and O–H groups in total. The molecular weight excluding hydrogens is 362 g/mol. The normalized spacial score (nSPS) is 20.1. The monoisotopic (exact) mass is 387 g/mol. The Bertz CT molecular complexity index is 1010. The Hall–Kier alpha value is -1.99. The predicted octanol–water partition coefficient (Wildman–Crippen LogP) is 1.76. The molecule has 0 fully saturated rings. The number of hydrogen-bond donors (Lipinski definition) is 0. The van der Waals surface area contributed by atoms with Gasteiger partial charge < -0.3 is 0 Å². The quantitative estimate of drug-likeness (QED) is 0.801. The van der Waals surface area contributed by atoms with Crippen LogP contribution < -0.4 is 5.56 Å². The summed E-state index contributed by atoms with van der Waals surface area (Å²) in [6.45, 7) is 2.88. The van der Waals surface area contributed by atoms with E-state index in [9.17, 15) is 13.2 Å². The van der Waals surface area contributed by atoms with Gasteiger partial charge in [-0.3, -0.25) is 9.36 Å². The van der Waals surface area contributed by atoms with Gasteiger partial charge in [-0.15, -0.1) is 0 Å². The summed E-state index contributed by atoms with van der Waals surface area (Å²) < 4.78 is 27.3. The van der Waals surface area contributed by atoms with Crippen molar-refractivity contribution in [3.63, 3.8) is 0 Å². The third-order valence-corrected chi connectivity index (χ3v) is 7.65. The van der Waals surface area contributed by atoms with Gasteiger partial charge in [0.05, 0.1) is 24.3 Å². The SMILES string of the molecule is CCS(=O)(=O)N1CCc2c(ncn(CC3CCc4ccccc4C3)c2=O)C1. The van der Waals surface area contributed by atoms with Gasteiger partial charge in [-0.1, -0.05) is 24.3 Å². The molecule has 1 aromatic carbocycles. The Morgan fingerprint density at radius 1 is 1.19 bits per heavy atom. The molecule has 27 heavy (non-hydrogen) atoms. The number of benzene rings is 1. The average molecular weight is 388 g/mol. The molecule has 1 unspecified atom stereocenters. The largest absolute Gasteiger partial charge is 0.299 e. The Morgan fingerprint density at radius 2 is 1.96 bits per heavy atom. The van der Waals surface area contributed by atoms with E-state index in [2.05, 4.69) is 29.2 Å². The second-order valence-corrected chi connectivity index (χ2v) is 9.75. The van der Waals surface area contributed by atoms with Gasteiger partial charge >= 0.3 is 0 Å². The second kappa shape index (κ2) is 7.20. The fourth-order valence-electron chi connectivity index (χ4n) is 4.19. The molecule has 144 valence electrons. The average Bonchev–Trinajstić information content (AvgIpc) is 2.69. The smallest absolute Gasteiger partial charge is 0.256 e. The van der Waals surface area contributed by atoms with E-state index >= 15 is 0 Å². The second-order valence-electron chi connectivity index (χ2n) is 7.49. The molecule has 4 rings (SSSR count). The molecule has 1 aliphatic heterocycles. The maximum atomic E-state index is 12.9. The van der Waals surface area contributed by atoms with Gasteiger partial charge in [0.15, 0.2) is 0 Å². The van der Waals surface area contributed by atoms with Crippen LogP contribution in [0.5, 0.6) is 0 Å². The van der Waals surface area contributed by atoms with Crippen molar-refractivity contribution in [3.05, 3.63) is 63.3 Å². The third-order valence-electron chi connectivity index (χ3n) is 5.82. The molecule has 0 radical (unpaired) electrons. The first-order valence-electron chi connectivity index (χ1n) is 9.59. The number of sulfonamides is 1. The van der Waals surface area contributed by atoms with Crippen molar-refractivity contribution in [1.82, 2.24) is 13.9 Å². The number of rotatable bonds is 4. The first-order chi connectivity index (χ1) is 13.0. The van der Waals surface area contributed by atoms with Crippen molar-refractivity contribution in [2.75, 3.05) is 12.3 Å². The molecule has 1 aliphatic carbocycles. The molecule has 1 aromatic heterocycles. The highest BCUT2D eigenvalue weighted by Crippen LogP contribution is 2.26. The minimum Gasteiger partial charge on any atom is -0.299 e. The van der Waals surface area contributed by atoms with Crippen molar-refractivity contribution in [2.45, 2.75) is 45.7 Å². The number of nitrogens with zero attached hydrogens (tertiary/aromatic N) is 3. The van der Waals surface area contributed by atoms with Crippen molar-refractivity contribution in [3.8, 4) is 0 Å². The number of aromatic nitrogens is 2. The summed E-state index contributed by atoms with van der Waals surface area (Å²) >= 11 is 0. The van der Waals surface area contributed by atoms with Gasteiger partial charge in [0.1, 0.15) is 0 Å². The summed E-state index contributed by atoms with van der Waals surface area (Å²) in [7, 11) is -3.25. The third kappa shape index (κ3) is 3.58. The molecular formula is C20H25N3O3S. The molecule has 7 heteroatoms. The van der Waals surface area contributed by atoms with E-state index in [1.54, 1.807) is 17.8 Å². The summed E-state index contributed by atoms with van der Waals surface area (Å²) in [5.41, 5.74) is 4.08. The standard InChI is InChI=1S/C20H25N3O3S/c1-2-27(25,26)23-10-9-18-19(13-23)21-14-22(20(18)24)12-15-7-8-16-5-3-4-6-17(16)11-15/h3-6,14-15H,2,7-13H2,1H3. The molecule has 2 aromatic rings. The molecule has 0 amide bonds. The fourth-order valence-corrected chi connectivity index (χ4v) is 5.25. The van der Waals surface area contributed by atoms with Gasteiger partial charge in [0.25, 0.3) is 5.56 Å². The zero-order valence-electron chi connectivity index (χ0n) is 15.6. The topological polar surface area (TPSA) is 72.3 Å². The van der Waals surface area contributed by atoms with E-state index in [1.165, 1.54) is 15.4 Å².